The van der Waals surface area contributed by atoms with Crippen LogP contribution in [-0.2, 0) is 10.0 Å². The lowest BCUT2D eigenvalue weighted by molar-refractivity contribution is -0.385. The summed E-state index contributed by atoms with van der Waals surface area (Å²) < 4.78 is 29.2. The average molecular weight is 395 g/mol. The van der Waals surface area contributed by atoms with Gasteiger partial charge in [-0.05, 0) is 24.3 Å². The molecule has 0 bridgehead atoms. The standard InChI is InChI=1S/C18H13N5O4S/c24-23(25)15-3-1-4-16(11-15)28(26,27)21-14-7-5-13(6-8-14)17-12-22-10-2-9-19-18(22)20-17/h1-12,21H. The summed E-state index contributed by atoms with van der Waals surface area (Å²) in [7, 11) is -3.95. The molecular formula is C18H13N5O4S. The van der Waals surface area contributed by atoms with Crippen molar-refractivity contribution in [2.45, 2.75) is 4.90 Å². The minimum absolute atomic E-state index is 0.183. The largest absolute Gasteiger partial charge is 0.291 e. The number of nitrogens with zero attached hydrogens (tertiary/aromatic N) is 4. The maximum Gasteiger partial charge on any atom is 0.270 e. The lowest BCUT2D eigenvalue weighted by Crippen LogP contribution is -2.13. The summed E-state index contributed by atoms with van der Waals surface area (Å²) >= 11 is 0. The van der Waals surface area contributed by atoms with Gasteiger partial charge >= 0.3 is 0 Å². The van der Waals surface area contributed by atoms with E-state index in [2.05, 4.69) is 14.7 Å². The van der Waals surface area contributed by atoms with Crippen LogP contribution < -0.4 is 4.72 Å². The van der Waals surface area contributed by atoms with Crippen molar-refractivity contribution >= 4 is 27.2 Å². The molecule has 0 radical (unpaired) electrons. The molecule has 0 unspecified atom stereocenters. The first kappa shape index (κ1) is 17.6. The number of nitro benzene ring substituents is 1. The number of nitrogens with one attached hydrogen (secondary N) is 1. The van der Waals surface area contributed by atoms with Gasteiger partial charge < -0.3 is 0 Å². The fourth-order valence-corrected chi connectivity index (χ4v) is 3.75. The van der Waals surface area contributed by atoms with Crippen LogP contribution in [0.1, 0.15) is 0 Å². The van der Waals surface area contributed by atoms with Gasteiger partial charge in [-0.3, -0.25) is 19.2 Å². The second-order valence-electron chi connectivity index (χ2n) is 5.89. The van der Waals surface area contributed by atoms with Crippen molar-refractivity contribution < 1.29 is 13.3 Å². The van der Waals surface area contributed by atoms with E-state index in [-0.39, 0.29) is 10.6 Å². The minimum atomic E-state index is -3.95. The lowest BCUT2D eigenvalue weighted by Gasteiger charge is -2.08. The van der Waals surface area contributed by atoms with Crippen LogP contribution >= 0.6 is 0 Å². The molecule has 0 saturated carbocycles. The molecule has 4 aromatic rings. The van der Waals surface area contributed by atoms with Crippen LogP contribution in [0, 0.1) is 10.1 Å². The quantitative estimate of drug-likeness (QED) is 0.410. The molecule has 1 N–H and O–H groups in total. The maximum absolute atomic E-state index is 12.5. The number of hydrogen-bond donors (Lipinski definition) is 1. The Hall–Kier alpha value is -3.79. The molecule has 0 amide bonds. The average Bonchev–Trinajstić information content (AvgIpc) is 3.12. The summed E-state index contributed by atoms with van der Waals surface area (Å²) in [6.45, 7) is 0. The van der Waals surface area contributed by atoms with Gasteiger partial charge in [-0.1, -0.05) is 18.2 Å². The molecular weight excluding hydrogens is 382 g/mol. The minimum Gasteiger partial charge on any atom is -0.291 e. The molecule has 0 atom stereocenters. The molecule has 28 heavy (non-hydrogen) atoms. The van der Waals surface area contributed by atoms with E-state index in [1.54, 1.807) is 40.9 Å². The van der Waals surface area contributed by atoms with Gasteiger partial charge in [0.15, 0.2) is 0 Å². The Kier molecular flexibility index (Phi) is 4.24. The first-order chi connectivity index (χ1) is 13.4. The molecule has 0 spiro atoms. The highest BCUT2D eigenvalue weighted by Gasteiger charge is 2.18. The third-order valence-electron chi connectivity index (χ3n) is 4.01. The van der Waals surface area contributed by atoms with Crippen molar-refractivity contribution in [2.24, 2.45) is 0 Å². The van der Waals surface area contributed by atoms with Crippen molar-refractivity contribution in [1.29, 1.82) is 0 Å². The van der Waals surface area contributed by atoms with E-state index in [4.69, 9.17) is 0 Å². The molecule has 10 heteroatoms. The zero-order valence-corrected chi connectivity index (χ0v) is 15.1. The smallest absolute Gasteiger partial charge is 0.270 e. The summed E-state index contributed by atoms with van der Waals surface area (Å²) in [5.41, 5.74) is 1.53. The molecule has 9 nitrogen and oxygen atoms in total. The molecule has 0 aliphatic carbocycles. The van der Waals surface area contributed by atoms with Gasteiger partial charge in [-0.15, -0.1) is 0 Å². The molecule has 4 rings (SSSR count). The fraction of sp³-hybridized carbons (Fsp3) is 0. The highest BCUT2D eigenvalue weighted by molar-refractivity contribution is 7.92. The molecule has 0 saturated heterocycles. The summed E-state index contributed by atoms with van der Waals surface area (Å²) in [6, 6.07) is 13.3. The van der Waals surface area contributed by atoms with Crippen molar-refractivity contribution in [2.75, 3.05) is 4.72 Å². The third kappa shape index (κ3) is 3.40. The van der Waals surface area contributed by atoms with Gasteiger partial charge in [0, 0.05) is 42.0 Å². The number of fused-ring (bicyclic) bond motifs is 1. The summed E-state index contributed by atoms with van der Waals surface area (Å²) in [5.74, 6) is 0.563. The van der Waals surface area contributed by atoms with Crippen LogP contribution in [0.15, 0.2) is 78.1 Å². The molecule has 2 heterocycles. The Morgan fingerprint density at radius 1 is 1.07 bits per heavy atom. The van der Waals surface area contributed by atoms with Crippen molar-refractivity contribution in [3.8, 4) is 11.3 Å². The molecule has 2 aromatic heterocycles. The van der Waals surface area contributed by atoms with E-state index in [0.29, 0.717) is 17.2 Å². The van der Waals surface area contributed by atoms with Crippen molar-refractivity contribution in [3.05, 3.63) is 83.3 Å². The van der Waals surface area contributed by atoms with Crippen molar-refractivity contribution in [1.82, 2.24) is 14.4 Å². The van der Waals surface area contributed by atoms with Gasteiger partial charge in [0.25, 0.3) is 15.7 Å². The van der Waals surface area contributed by atoms with Crippen LogP contribution in [0.3, 0.4) is 0 Å². The van der Waals surface area contributed by atoms with E-state index in [1.807, 2.05) is 12.4 Å². The number of rotatable bonds is 5. The summed E-state index contributed by atoms with van der Waals surface area (Å²) in [5, 5.41) is 10.9. The number of non-ortho nitro benzene ring substituents is 1. The van der Waals surface area contributed by atoms with Gasteiger partial charge in [0.05, 0.1) is 15.5 Å². The maximum atomic E-state index is 12.5. The SMILES string of the molecule is O=[N+]([O-])c1cccc(S(=O)(=O)Nc2ccc(-c3cn4cccnc4n3)cc2)c1. The van der Waals surface area contributed by atoms with Crippen LogP contribution in [-0.4, -0.2) is 27.7 Å². The normalized spacial score (nSPS) is 11.4. The number of imidazole rings is 1. The first-order valence-corrected chi connectivity index (χ1v) is 9.58. The summed E-state index contributed by atoms with van der Waals surface area (Å²) in [4.78, 5) is 18.6. The molecule has 140 valence electrons. The van der Waals surface area contributed by atoms with Crippen LogP contribution in [0.5, 0.6) is 0 Å². The van der Waals surface area contributed by atoms with E-state index in [9.17, 15) is 18.5 Å². The van der Waals surface area contributed by atoms with Crippen LogP contribution in [0.25, 0.3) is 17.0 Å². The van der Waals surface area contributed by atoms with E-state index in [0.717, 1.165) is 11.6 Å². The van der Waals surface area contributed by atoms with Crippen molar-refractivity contribution in [3.63, 3.8) is 0 Å². The second kappa shape index (κ2) is 6.74. The Morgan fingerprint density at radius 3 is 2.57 bits per heavy atom. The van der Waals surface area contributed by atoms with E-state index < -0.39 is 14.9 Å². The second-order valence-corrected chi connectivity index (χ2v) is 7.57. The predicted octanol–water partition coefficient (Wildman–Crippen LogP) is 3.11. The van der Waals surface area contributed by atoms with Gasteiger partial charge in [-0.2, -0.15) is 0 Å². The Balaban J connectivity index is 1.58. The zero-order valence-electron chi connectivity index (χ0n) is 14.3. The number of nitro groups is 1. The fourth-order valence-electron chi connectivity index (χ4n) is 2.66. The summed E-state index contributed by atoms with van der Waals surface area (Å²) in [6.07, 6.45) is 5.31. The Bertz CT molecular complexity index is 1250. The van der Waals surface area contributed by atoms with Gasteiger partial charge in [0.1, 0.15) is 0 Å². The van der Waals surface area contributed by atoms with E-state index >= 15 is 0 Å². The molecule has 0 aliphatic heterocycles. The van der Waals surface area contributed by atoms with Gasteiger partial charge in [0.2, 0.25) is 5.78 Å². The number of hydrogen-bond acceptors (Lipinski definition) is 6. The van der Waals surface area contributed by atoms with Gasteiger partial charge in [-0.25, -0.2) is 18.4 Å². The highest BCUT2D eigenvalue weighted by atomic mass is 32.2. The third-order valence-corrected chi connectivity index (χ3v) is 5.39. The Morgan fingerprint density at radius 2 is 1.86 bits per heavy atom. The monoisotopic (exact) mass is 395 g/mol. The molecule has 0 aliphatic rings. The van der Waals surface area contributed by atoms with Crippen LogP contribution in [0.2, 0.25) is 0 Å². The first-order valence-electron chi connectivity index (χ1n) is 8.10. The topological polar surface area (TPSA) is 120 Å². The Labute approximate surface area is 159 Å². The number of anilines is 1. The number of benzene rings is 2. The number of sulfonamides is 1. The lowest BCUT2D eigenvalue weighted by atomic mass is 10.1. The molecule has 0 fully saturated rings. The highest BCUT2D eigenvalue weighted by Crippen LogP contribution is 2.24. The number of aromatic nitrogens is 3. The van der Waals surface area contributed by atoms with E-state index in [1.165, 1.54) is 18.2 Å². The zero-order chi connectivity index (χ0) is 19.7. The predicted molar refractivity (Wildman–Crippen MR) is 102 cm³/mol. The molecule has 2 aromatic carbocycles. The van der Waals surface area contributed by atoms with Crippen LogP contribution in [0.4, 0.5) is 11.4 Å².